The van der Waals surface area contributed by atoms with Crippen LogP contribution in [-0.2, 0) is 27.9 Å². The minimum Gasteiger partial charge on any atom is -0.394 e. The quantitative estimate of drug-likeness (QED) is 0.0703. The van der Waals surface area contributed by atoms with Crippen molar-refractivity contribution in [3.8, 4) is 0 Å². The summed E-state index contributed by atoms with van der Waals surface area (Å²) < 4.78 is 34.9. The Bertz CT molecular complexity index is 1360. The van der Waals surface area contributed by atoms with Gasteiger partial charge in [-0.05, 0) is 6.92 Å². The summed E-state index contributed by atoms with van der Waals surface area (Å²) in [6.07, 6.45) is -6.29. The van der Waals surface area contributed by atoms with Crippen molar-refractivity contribution in [1.82, 2.24) is 19.8 Å². The van der Waals surface area contributed by atoms with Crippen LogP contribution < -0.4 is 22.3 Å². The number of ether oxygens (including phenoxy) is 2. The first-order valence-corrected chi connectivity index (χ1v) is 12.9. The van der Waals surface area contributed by atoms with E-state index in [4.69, 9.17) is 29.7 Å². The summed E-state index contributed by atoms with van der Waals surface area (Å²) in [7, 11) is -4.88. The van der Waals surface area contributed by atoms with E-state index in [9.17, 15) is 38.8 Å². The number of aliphatic imine (C=N–C) groups is 1. The van der Waals surface area contributed by atoms with Gasteiger partial charge in [0.05, 0.1) is 19.3 Å². The monoisotopic (exact) mass is 575 g/mol. The fourth-order valence-corrected chi connectivity index (χ4v) is 5.20. The zero-order valence-corrected chi connectivity index (χ0v) is 21.1. The number of aliphatic hydroxyl groups excluding tert-OH is 2. The van der Waals surface area contributed by atoms with Crippen LogP contribution in [0.4, 0.5) is 4.79 Å². The molecule has 7 atom stereocenters. The first-order chi connectivity index (χ1) is 18.3. The molecule has 3 amide bonds. The molecule has 0 spiro atoms. The Balaban J connectivity index is 1.39. The lowest BCUT2D eigenvalue weighted by molar-refractivity contribution is -0.113. The molecule has 1 unspecified atom stereocenters. The number of aryl methyl sites for hydroxylation is 1. The molecule has 39 heavy (non-hydrogen) atoms. The Kier molecular flexibility index (Phi) is 8.14. The smallest absolute Gasteiger partial charge is 0.394 e. The van der Waals surface area contributed by atoms with E-state index in [1.807, 2.05) is 5.32 Å². The molecule has 0 saturated carbocycles. The van der Waals surface area contributed by atoms with E-state index in [0.29, 0.717) is 0 Å². The maximum Gasteiger partial charge on any atom is 0.472 e. The Morgan fingerprint density at radius 2 is 1.95 bits per heavy atom. The van der Waals surface area contributed by atoms with Gasteiger partial charge in [0.15, 0.2) is 0 Å². The third-order valence-electron chi connectivity index (χ3n) is 6.08. The number of guanidine groups is 1. The van der Waals surface area contributed by atoms with Crippen LogP contribution in [0.5, 0.6) is 0 Å². The van der Waals surface area contributed by atoms with Gasteiger partial charge in [-0.15, -0.1) is 0 Å². The predicted molar refractivity (Wildman–Crippen MR) is 126 cm³/mol. The molecule has 0 aliphatic carbocycles. The standard InChI is InChI=1S/C19H26N7O12P/c1-7-4-25(18(31)23-15(7)29)12-2-8(28)11(37-12)6-35-39(33,34)38-9-3-13(36-10(9)5-27)26-14(22-17(20)21)16(30)24-19(26)32/h4,8-13,27-28H,2-3,5-6H2,1H3,(H3,20,21)(H,33,34)(H,23,29,31)(H,24,30,32)/b22-14+/t8-,9-,10+,11+,12+,13+/m0/s1. The number of hydrogen-bond acceptors (Lipinski definition) is 12. The fourth-order valence-electron chi connectivity index (χ4n) is 4.24. The molecule has 4 rings (SSSR count). The number of amides is 3. The summed E-state index contributed by atoms with van der Waals surface area (Å²) in [5.74, 6) is -2.26. The SMILES string of the molecule is Cc1cn([C@H]2C[C@H](O)[C@@H](COP(=O)(O)O[C@H]3C[C@H](N4C(=O)NC(=O)/C4=N\C(=N)N)O[C@@H]3CO)O2)c(=O)[nH]c1=O. The van der Waals surface area contributed by atoms with Gasteiger partial charge in [0, 0.05) is 24.6 Å². The van der Waals surface area contributed by atoms with Gasteiger partial charge in [0.25, 0.3) is 11.5 Å². The summed E-state index contributed by atoms with van der Waals surface area (Å²) in [4.78, 5) is 64.5. The van der Waals surface area contributed by atoms with E-state index in [-0.39, 0.29) is 18.4 Å². The second-order valence-electron chi connectivity index (χ2n) is 8.82. The Labute approximate surface area is 218 Å². The van der Waals surface area contributed by atoms with Crippen molar-refractivity contribution in [2.24, 2.45) is 10.7 Å². The number of aromatic amines is 1. The summed E-state index contributed by atoms with van der Waals surface area (Å²) in [6.45, 7) is 0.132. The molecule has 3 aliphatic rings. The lowest BCUT2D eigenvalue weighted by atomic mass is 10.2. The molecule has 3 saturated heterocycles. The Hall–Kier alpha value is -3.29. The molecule has 0 aromatic carbocycles. The number of urea groups is 1. The van der Waals surface area contributed by atoms with Crippen LogP contribution in [0.15, 0.2) is 20.8 Å². The van der Waals surface area contributed by atoms with Crippen LogP contribution in [0.3, 0.4) is 0 Å². The highest BCUT2D eigenvalue weighted by atomic mass is 31.2. The molecule has 8 N–H and O–H groups in total. The molecule has 0 bridgehead atoms. The van der Waals surface area contributed by atoms with E-state index >= 15 is 0 Å². The Morgan fingerprint density at radius 1 is 1.26 bits per heavy atom. The van der Waals surface area contributed by atoms with Crippen LogP contribution in [0, 0.1) is 12.3 Å². The van der Waals surface area contributed by atoms with Gasteiger partial charge in [0.2, 0.25) is 11.8 Å². The number of phosphoric ester groups is 1. The van der Waals surface area contributed by atoms with Crippen LogP contribution in [0.1, 0.15) is 24.6 Å². The molecule has 3 fully saturated rings. The fraction of sp³-hybridized carbons (Fsp3) is 0.579. The van der Waals surface area contributed by atoms with Crippen LogP contribution in [-0.4, -0.2) is 97.1 Å². The third-order valence-corrected chi connectivity index (χ3v) is 7.09. The highest BCUT2D eigenvalue weighted by Crippen LogP contribution is 2.48. The third kappa shape index (κ3) is 6.15. The van der Waals surface area contributed by atoms with Crippen molar-refractivity contribution < 1.29 is 47.8 Å². The molecule has 1 aromatic rings. The molecule has 4 heterocycles. The zero-order valence-electron chi connectivity index (χ0n) is 20.3. The number of H-pyrrole nitrogens is 1. The first kappa shape index (κ1) is 28.7. The van der Waals surface area contributed by atoms with Crippen LogP contribution in [0.25, 0.3) is 0 Å². The summed E-state index contributed by atoms with van der Waals surface area (Å²) in [5.41, 5.74) is 4.07. The van der Waals surface area contributed by atoms with Gasteiger partial charge in [0.1, 0.15) is 30.8 Å². The van der Waals surface area contributed by atoms with E-state index in [1.54, 1.807) is 0 Å². The number of imide groups is 1. The number of phosphoric acid groups is 1. The predicted octanol–water partition coefficient (Wildman–Crippen LogP) is -3.05. The van der Waals surface area contributed by atoms with Gasteiger partial charge in [-0.25, -0.2) is 19.1 Å². The average molecular weight is 575 g/mol. The zero-order chi connectivity index (χ0) is 28.6. The second-order valence-corrected chi connectivity index (χ2v) is 10.2. The van der Waals surface area contributed by atoms with Gasteiger partial charge in [-0.2, -0.15) is 4.99 Å². The van der Waals surface area contributed by atoms with Crippen molar-refractivity contribution >= 4 is 31.6 Å². The van der Waals surface area contributed by atoms with E-state index < -0.39 is 92.9 Å². The highest BCUT2D eigenvalue weighted by Gasteiger charge is 2.49. The normalized spacial score (nSPS) is 31.6. The van der Waals surface area contributed by atoms with E-state index in [2.05, 4.69) is 9.98 Å². The number of carbonyl (C=O) groups is 2. The molecular weight excluding hydrogens is 549 g/mol. The second kappa shape index (κ2) is 11.1. The van der Waals surface area contributed by atoms with Gasteiger partial charge < -0.3 is 30.3 Å². The van der Waals surface area contributed by atoms with Crippen molar-refractivity contribution in [2.75, 3.05) is 13.2 Å². The number of hydrogen-bond donors (Lipinski definition) is 7. The lowest BCUT2D eigenvalue weighted by Crippen LogP contribution is -2.41. The van der Waals surface area contributed by atoms with Crippen LogP contribution >= 0.6 is 7.82 Å². The van der Waals surface area contributed by atoms with Crippen molar-refractivity contribution in [3.63, 3.8) is 0 Å². The number of rotatable bonds is 8. The van der Waals surface area contributed by atoms with Crippen molar-refractivity contribution in [3.05, 3.63) is 32.6 Å². The number of carbonyl (C=O) groups excluding carboxylic acids is 2. The highest BCUT2D eigenvalue weighted by molar-refractivity contribution is 7.47. The molecule has 19 nitrogen and oxygen atoms in total. The molecular formula is C19H26N7O12P. The molecule has 0 radical (unpaired) electrons. The maximum absolute atomic E-state index is 12.7. The maximum atomic E-state index is 12.7. The lowest BCUT2D eigenvalue weighted by Gasteiger charge is -2.22. The van der Waals surface area contributed by atoms with Crippen LogP contribution in [0.2, 0.25) is 0 Å². The molecule has 3 aliphatic heterocycles. The van der Waals surface area contributed by atoms with Crippen molar-refractivity contribution in [2.45, 2.75) is 56.6 Å². The number of amidine groups is 1. The number of nitrogens with two attached hydrogens (primary N) is 1. The minimum atomic E-state index is -4.88. The van der Waals surface area contributed by atoms with Gasteiger partial charge in [-0.1, -0.05) is 0 Å². The van der Waals surface area contributed by atoms with E-state index in [1.165, 1.54) is 13.1 Å². The number of nitrogens with one attached hydrogen (secondary N) is 3. The number of aromatic nitrogens is 2. The number of aliphatic hydroxyl groups is 2. The first-order valence-electron chi connectivity index (χ1n) is 11.4. The largest absolute Gasteiger partial charge is 0.472 e. The van der Waals surface area contributed by atoms with Gasteiger partial charge in [-0.3, -0.25) is 38.9 Å². The topological polar surface area (TPSA) is 281 Å². The summed E-state index contributed by atoms with van der Waals surface area (Å²) in [5, 5.41) is 29.2. The number of nitrogens with zero attached hydrogens (tertiary/aromatic N) is 3. The average Bonchev–Trinajstić information content (AvgIpc) is 3.49. The minimum absolute atomic E-state index is 0.0818. The summed E-state index contributed by atoms with van der Waals surface area (Å²) in [6, 6.07) is -0.954. The Morgan fingerprint density at radius 3 is 2.62 bits per heavy atom. The van der Waals surface area contributed by atoms with Gasteiger partial charge >= 0.3 is 19.5 Å². The molecule has 20 heteroatoms. The molecule has 1 aromatic heterocycles. The summed E-state index contributed by atoms with van der Waals surface area (Å²) >= 11 is 0. The molecule has 214 valence electrons. The van der Waals surface area contributed by atoms with Crippen molar-refractivity contribution in [1.29, 1.82) is 5.41 Å². The van der Waals surface area contributed by atoms with E-state index in [0.717, 1.165) is 9.47 Å².